The van der Waals surface area contributed by atoms with Crippen LogP contribution in [0.4, 0.5) is 0 Å². The Bertz CT molecular complexity index is 184. The maximum Gasteiger partial charge on any atom is 0.0507 e. The summed E-state index contributed by atoms with van der Waals surface area (Å²) in [5, 5.41) is 3.50. The van der Waals surface area contributed by atoms with Crippen LogP contribution in [0.3, 0.4) is 0 Å². The summed E-state index contributed by atoms with van der Waals surface area (Å²) in [5.74, 6) is 0.794. The predicted octanol–water partition coefficient (Wildman–Crippen LogP) is 1.52. The van der Waals surface area contributed by atoms with Crippen LogP contribution in [0.25, 0.3) is 0 Å². The minimum absolute atomic E-state index is 0. The Labute approximate surface area is 105 Å². The van der Waals surface area contributed by atoms with Gasteiger partial charge < -0.3 is 10.1 Å². The zero-order valence-corrected chi connectivity index (χ0v) is 11.1. The van der Waals surface area contributed by atoms with E-state index in [1.54, 1.807) is 0 Å². The number of halogens is 1. The van der Waals surface area contributed by atoms with E-state index in [-0.39, 0.29) is 12.4 Å². The standard InChI is InChI=1S/C12H24N2O.ClH/c1-2-3-12-8-13-5-6-14(12)9-11-4-7-15-10-11;/h11-13H,2-10H2,1H3;1H. The summed E-state index contributed by atoms with van der Waals surface area (Å²) < 4.78 is 5.45. The van der Waals surface area contributed by atoms with E-state index >= 15 is 0 Å². The fourth-order valence-corrected chi connectivity index (χ4v) is 2.72. The number of hydrogen-bond donors (Lipinski definition) is 1. The van der Waals surface area contributed by atoms with Crippen molar-refractivity contribution in [2.24, 2.45) is 5.92 Å². The van der Waals surface area contributed by atoms with Gasteiger partial charge in [-0.2, -0.15) is 0 Å². The van der Waals surface area contributed by atoms with Crippen LogP contribution in [0.2, 0.25) is 0 Å². The Morgan fingerprint density at radius 1 is 1.44 bits per heavy atom. The van der Waals surface area contributed by atoms with Gasteiger partial charge in [-0.25, -0.2) is 0 Å². The van der Waals surface area contributed by atoms with Crippen molar-refractivity contribution in [2.75, 3.05) is 39.4 Å². The third-order valence-electron chi connectivity index (χ3n) is 3.61. The van der Waals surface area contributed by atoms with E-state index in [0.29, 0.717) is 0 Å². The first-order valence-corrected chi connectivity index (χ1v) is 6.42. The van der Waals surface area contributed by atoms with Gasteiger partial charge in [-0.3, -0.25) is 4.90 Å². The summed E-state index contributed by atoms with van der Waals surface area (Å²) >= 11 is 0. The van der Waals surface area contributed by atoms with E-state index in [4.69, 9.17) is 4.74 Å². The summed E-state index contributed by atoms with van der Waals surface area (Å²) in [7, 11) is 0. The second-order valence-electron chi connectivity index (χ2n) is 4.87. The summed E-state index contributed by atoms with van der Waals surface area (Å²) in [6.07, 6.45) is 3.90. The minimum Gasteiger partial charge on any atom is -0.381 e. The molecule has 1 N–H and O–H groups in total. The second-order valence-corrected chi connectivity index (χ2v) is 4.87. The first-order chi connectivity index (χ1) is 7.40. The van der Waals surface area contributed by atoms with Gasteiger partial charge in [0.25, 0.3) is 0 Å². The van der Waals surface area contributed by atoms with Crippen molar-refractivity contribution in [3.05, 3.63) is 0 Å². The molecule has 4 heteroatoms. The molecule has 0 aliphatic carbocycles. The molecule has 2 aliphatic heterocycles. The third kappa shape index (κ3) is 3.88. The molecule has 0 aromatic rings. The monoisotopic (exact) mass is 248 g/mol. The highest BCUT2D eigenvalue weighted by molar-refractivity contribution is 5.85. The fraction of sp³-hybridized carbons (Fsp3) is 1.00. The van der Waals surface area contributed by atoms with Crippen LogP contribution in [-0.4, -0.2) is 50.3 Å². The molecule has 0 aromatic heterocycles. The van der Waals surface area contributed by atoms with Gasteiger partial charge in [0.05, 0.1) is 6.61 Å². The zero-order chi connectivity index (χ0) is 10.5. The van der Waals surface area contributed by atoms with Gasteiger partial charge >= 0.3 is 0 Å². The summed E-state index contributed by atoms with van der Waals surface area (Å²) in [4.78, 5) is 2.68. The fourth-order valence-electron chi connectivity index (χ4n) is 2.72. The lowest BCUT2D eigenvalue weighted by molar-refractivity contribution is 0.118. The second kappa shape index (κ2) is 7.49. The molecule has 2 aliphatic rings. The number of piperazine rings is 1. The Hall–Kier alpha value is 0.170. The molecule has 16 heavy (non-hydrogen) atoms. The van der Waals surface area contributed by atoms with Gasteiger partial charge in [0.2, 0.25) is 0 Å². The van der Waals surface area contributed by atoms with Crippen LogP contribution in [0, 0.1) is 5.92 Å². The van der Waals surface area contributed by atoms with Gasteiger partial charge in [-0.15, -0.1) is 12.4 Å². The van der Waals surface area contributed by atoms with Crippen molar-refractivity contribution in [3.63, 3.8) is 0 Å². The largest absolute Gasteiger partial charge is 0.381 e. The summed E-state index contributed by atoms with van der Waals surface area (Å²) in [6.45, 7) is 9.08. The lowest BCUT2D eigenvalue weighted by Gasteiger charge is -2.37. The summed E-state index contributed by atoms with van der Waals surface area (Å²) in [5.41, 5.74) is 0. The lowest BCUT2D eigenvalue weighted by atomic mass is 10.0. The van der Waals surface area contributed by atoms with Gasteiger partial charge in [0.15, 0.2) is 0 Å². The van der Waals surface area contributed by atoms with Crippen LogP contribution in [0.5, 0.6) is 0 Å². The van der Waals surface area contributed by atoms with E-state index in [0.717, 1.165) is 31.7 Å². The van der Waals surface area contributed by atoms with Crippen molar-refractivity contribution in [3.8, 4) is 0 Å². The zero-order valence-electron chi connectivity index (χ0n) is 10.3. The Morgan fingerprint density at radius 2 is 2.31 bits per heavy atom. The molecule has 0 amide bonds. The molecule has 3 nitrogen and oxygen atoms in total. The highest BCUT2D eigenvalue weighted by Gasteiger charge is 2.25. The van der Waals surface area contributed by atoms with Crippen LogP contribution in [-0.2, 0) is 4.74 Å². The topological polar surface area (TPSA) is 24.5 Å². The van der Waals surface area contributed by atoms with Crippen molar-refractivity contribution in [1.29, 1.82) is 0 Å². The normalized spacial score (nSPS) is 31.3. The number of rotatable bonds is 4. The van der Waals surface area contributed by atoms with Crippen LogP contribution in [0.1, 0.15) is 26.2 Å². The molecule has 0 spiro atoms. The van der Waals surface area contributed by atoms with E-state index in [1.807, 2.05) is 0 Å². The maximum atomic E-state index is 5.45. The first kappa shape index (κ1) is 14.2. The molecular weight excluding hydrogens is 224 g/mol. The van der Waals surface area contributed by atoms with Crippen molar-refractivity contribution in [1.82, 2.24) is 10.2 Å². The molecule has 2 rings (SSSR count). The Kier molecular flexibility index (Phi) is 6.66. The number of nitrogens with zero attached hydrogens (tertiary/aromatic N) is 1. The van der Waals surface area contributed by atoms with Crippen molar-refractivity contribution in [2.45, 2.75) is 32.2 Å². The smallest absolute Gasteiger partial charge is 0.0507 e. The molecule has 0 radical (unpaired) electrons. The van der Waals surface area contributed by atoms with Crippen molar-refractivity contribution < 1.29 is 4.74 Å². The van der Waals surface area contributed by atoms with Gasteiger partial charge in [-0.1, -0.05) is 13.3 Å². The van der Waals surface area contributed by atoms with E-state index in [2.05, 4.69) is 17.1 Å². The predicted molar refractivity (Wildman–Crippen MR) is 69.3 cm³/mol. The SMILES string of the molecule is CCCC1CNCCN1CC1CCOC1.Cl. The van der Waals surface area contributed by atoms with Gasteiger partial charge in [0, 0.05) is 38.8 Å². The van der Waals surface area contributed by atoms with E-state index < -0.39 is 0 Å². The summed E-state index contributed by atoms with van der Waals surface area (Å²) in [6, 6.07) is 0.768. The lowest BCUT2D eigenvalue weighted by Crippen LogP contribution is -2.52. The highest BCUT2D eigenvalue weighted by atomic mass is 35.5. The molecule has 0 bridgehead atoms. The van der Waals surface area contributed by atoms with Crippen LogP contribution in [0.15, 0.2) is 0 Å². The van der Waals surface area contributed by atoms with Gasteiger partial charge in [-0.05, 0) is 18.8 Å². The molecule has 2 unspecified atom stereocenters. The highest BCUT2D eigenvalue weighted by Crippen LogP contribution is 2.17. The molecule has 2 heterocycles. The maximum absolute atomic E-state index is 5.45. The van der Waals surface area contributed by atoms with Crippen LogP contribution < -0.4 is 5.32 Å². The quantitative estimate of drug-likeness (QED) is 0.817. The number of hydrogen-bond acceptors (Lipinski definition) is 3. The molecule has 0 saturated carbocycles. The first-order valence-electron chi connectivity index (χ1n) is 6.42. The average Bonchev–Trinajstić information content (AvgIpc) is 2.74. The van der Waals surface area contributed by atoms with Gasteiger partial charge in [0.1, 0.15) is 0 Å². The third-order valence-corrected chi connectivity index (χ3v) is 3.61. The van der Waals surface area contributed by atoms with E-state index in [1.165, 1.54) is 38.9 Å². The molecule has 2 saturated heterocycles. The van der Waals surface area contributed by atoms with Crippen molar-refractivity contribution >= 4 is 12.4 Å². The molecule has 2 fully saturated rings. The molecule has 2 atom stereocenters. The molecular formula is C12H25ClN2O. The van der Waals surface area contributed by atoms with Crippen LogP contribution >= 0.6 is 12.4 Å². The number of nitrogens with one attached hydrogen (secondary N) is 1. The Morgan fingerprint density at radius 3 is 3.00 bits per heavy atom. The minimum atomic E-state index is 0. The molecule has 96 valence electrons. The average molecular weight is 249 g/mol. The number of ether oxygens (including phenoxy) is 1. The molecule has 0 aromatic carbocycles. The Balaban J connectivity index is 0.00000128. The van der Waals surface area contributed by atoms with E-state index in [9.17, 15) is 0 Å².